The van der Waals surface area contributed by atoms with Crippen LogP contribution in [0, 0.1) is 0 Å². The van der Waals surface area contributed by atoms with Gasteiger partial charge in [0.1, 0.15) is 5.75 Å². The quantitative estimate of drug-likeness (QED) is 0.799. The van der Waals surface area contributed by atoms with Crippen molar-refractivity contribution < 1.29 is 4.74 Å². The minimum absolute atomic E-state index is 0.0646. The molecule has 0 saturated heterocycles. The predicted molar refractivity (Wildman–Crippen MR) is 89.6 cm³/mol. The van der Waals surface area contributed by atoms with E-state index >= 15 is 0 Å². The van der Waals surface area contributed by atoms with Crippen molar-refractivity contribution in [3.8, 4) is 5.75 Å². The van der Waals surface area contributed by atoms with Gasteiger partial charge in [-0.05, 0) is 48.4 Å². The van der Waals surface area contributed by atoms with Gasteiger partial charge in [0.05, 0.1) is 23.2 Å². The molecule has 0 amide bonds. The van der Waals surface area contributed by atoms with E-state index in [9.17, 15) is 0 Å². The summed E-state index contributed by atoms with van der Waals surface area (Å²) in [4.78, 5) is 0. The van der Waals surface area contributed by atoms with Crippen LogP contribution in [0.1, 0.15) is 30.5 Å². The highest BCUT2D eigenvalue weighted by molar-refractivity contribution is 6.42. The van der Waals surface area contributed by atoms with Crippen LogP contribution >= 0.6 is 23.2 Å². The minimum Gasteiger partial charge on any atom is -0.497 e. The molecular formula is C17H19Cl2NO. The summed E-state index contributed by atoms with van der Waals surface area (Å²) in [5, 5.41) is 4.68. The Morgan fingerprint density at radius 2 is 1.81 bits per heavy atom. The van der Waals surface area contributed by atoms with Gasteiger partial charge in [-0.25, -0.2) is 0 Å². The summed E-state index contributed by atoms with van der Waals surface area (Å²) in [5.74, 6) is 0.843. The average Bonchev–Trinajstić information content (AvgIpc) is 2.51. The number of ether oxygens (including phenoxy) is 1. The summed E-state index contributed by atoms with van der Waals surface area (Å²) in [6.45, 7) is 3.06. The number of benzene rings is 2. The monoisotopic (exact) mass is 323 g/mol. The van der Waals surface area contributed by atoms with Crippen molar-refractivity contribution in [2.24, 2.45) is 0 Å². The fraction of sp³-hybridized carbons (Fsp3) is 0.294. The van der Waals surface area contributed by atoms with Crippen LogP contribution in [-0.4, -0.2) is 13.7 Å². The Bertz CT molecular complexity index is 601. The third-order valence-corrected chi connectivity index (χ3v) is 4.04. The average molecular weight is 324 g/mol. The Morgan fingerprint density at radius 1 is 1.05 bits per heavy atom. The summed E-state index contributed by atoms with van der Waals surface area (Å²) in [7, 11) is 1.67. The normalized spacial score (nSPS) is 12.2. The van der Waals surface area contributed by atoms with Crippen LogP contribution in [0.15, 0.2) is 42.5 Å². The smallest absolute Gasteiger partial charge is 0.119 e. The van der Waals surface area contributed by atoms with E-state index in [1.807, 2.05) is 36.4 Å². The van der Waals surface area contributed by atoms with Crippen LogP contribution in [0.25, 0.3) is 0 Å². The van der Waals surface area contributed by atoms with Crippen molar-refractivity contribution in [2.75, 3.05) is 13.7 Å². The Hall–Kier alpha value is -1.22. The second-order valence-electron chi connectivity index (χ2n) is 4.84. The molecule has 0 radical (unpaired) electrons. The molecule has 112 valence electrons. The van der Waals surface area contributed by atoms with Crippen LogP contribution in [-0.2, 0) is 0 Å². The highest BCUT2D eigenvalue weighted by Crippen LogP contribution is 2.30. The molecule has 0 aliphatic carbocycles. The number of halogens is 2. The van der Waals surface area contributed by atoms with Crippen LogP contribution in [0.4, 0.5) is 0 Å². The molecular weight excluding hydrogens is 305 g/mol. The lowest BCUT2D eigenvalue weighted by Gasteiger charge is -2.20. The molecule has 0 aliphatic rings. The van der Waals surface area contributed by atoms with Crippen LogP contribution in [0.5, 0.6) is 5.75 Å². The molecule has 2 aromatic carbocycles. The van der Waals surface area contributed by atoms with Crippen molar-refractivity contribution in [3.63, 3.8) is 0 Å². The van der Waals surface area contributed by atoms with Crippen molar-refractivity contribution in [2.45, 2.75) is 19.4 Å². The van der Waals surface area contributed by atoms with Gasteiger partial charge in [-0.1, -0.05) is 48.3 Å². The van der Waals surface area contributed by atoms with E-state index in [0.29, 0.717) is 10.0 Å². The molecule has 1 atom stereocenters. The highest BCUT2D eigenvalue weighted by Gasteiger charge is 2.15. The molecule has 0 saturated carbocycles. The molecule has 0 bridgehead atoms. The zero-order chi connectivity index (χ0) is 15.2. The number of rotatable bonds is 6. The number of hydrogen-bond donors (Lipinski definition) is 1. The predicted octanol–water partition coefficient (Wildman–Crippen LogP) is 5.09. The molecule has 0 aliphatic heterocycles. The lowest BCUT2D eigenvalue weighted by atomic mass is 9.98. The Morgan fingerprint density at radius 3 is 2.48 bits per heavy atom. The van der Waals surface area contributed by atoms with Crippen molar-refractivity contribution in [1.82, 2.24) is 5.32 Å². The SMILES string of the molecule is CCCNC(c1cccc(OC)c1)c1ccc(Cl)c(Cl)c1. The molecule has 0 aromatic heterocycles. The summed E-state index contributed by atoms with van der Waals surface area (Å²) >= 11 is 12.2. The topological polar surface area (TPSA) is 21.3 Å². The second kappa shape index (κ2) is 7.69. The molecule has 2 nitrogen and oxygen atoms in total. The summed E-state index contributed by atoms with van der Waals surface area (Å²) in [5.41, 5.74) is 2.23. The summed E-state index contributed by atoms with van der Waals surface area (Å²) in [6, 6.07) is 13.9. The van der Waals surface area contributed by atoms with E-state index in [1.165, 1.54) is 0 Å². The maximum Gasteiger partial charge on any atom is 0.119 e. The van der Waals surface area contributed by atoms with Gasteiger partial charge in [-0.3, -0.25) is 0 Å². The minimum atomic E-state index is 0.0646. The number of methoxy groups -OCH3 is 1. The Balaban J connectivity index is 2.38. The largest absolute Gasteiger partial charge is 0.497 e. The molecule has 1 N–H and O–H groups in total. The van der Waals surface area contributed by atoms with Gasteiger partial charge in [0, 0.05) is 0 Å². The number of nitrogens with one attached hydrogen (secondary N) is 1. The Kier molecular flexibility index (Phi) is 5.92. The summed E-state index contributed by atoms with van der Waals surface area (Å²) in [6.07, 6.45) is 1.06. The van der Waals surface area contributed by atoms with Crippen LogP contribution in [0.2, 0.25) is 10.0 Å². The van der Waals surface area contributed by atoms with Gasteiger partial charge in [0.15, 0.2) is 0 Å². The molecule has 0 fully saturated rings. The second-order valence-corrected chi connectivity index (χ2v) is 5.65. The van der Waals surface area contributed by atoms with Crippen LogP contribution in [0.3, 0.4) is 0 Å². The molecule has 21 heavy (non-hydrogen) atoms. The Labute approximate surface area is 136 Å². The molecule has 4 heteroatoms. The first-order chi connectivity index (χ1) is 10.2. The van der Waals surface area contributed by atoms with Gasteiger partial charge in [-0.2, -0.15) is 0 Å². The number of hydrogen-bond acceptors (Lipinski definition) is 2. The van der Waals surface area contributed by atoms with Gasteiger partial charge in [0.2, 0.25) is 0 Å². The standard InChI is InChI=1S/C17H19Cl2NO/c1-3-9-20-17(12-5-4-6-14(10-12)21-2)13-7-8-15(18)16(19)11-13/h4-8,10-11,17,20H,3,9H2,1-2H3. The van der Waals surface area contributed by atoms with E-state index in [1.54, 1.807) is 7.11 Å². The van der Waals surface area contributed by atoms with Crippen molar-refractivity contribution in [3.05, 3.63) is 63.6 Å². The van der Waals surface area contributed by atoms with E-state index in [0.717, 1.165) is 29.8 Å². The molecule has 0 spiro atoms. The third-order valence-electron chi connectivity index (χ3n) is 3.30. The van der Waals surface area contributed by atoms with E-state index in [2.05, 4.69) is 18.3 Å². The third kappa shape index (κ3) is 4.13. The maximum absolute atomic E-state index is 6.15. The van der Waals surface area contributed by atoms with Gasteiger partial charge in [-0.15, -0.1) is 0 Å². The van der Waals surface area contributed by atoms with Gasteiger partial charge < -0.3 is 10.1 Å². The fourth-order valence-electron chi connectivity index (χ4n) is 2.23. The van der Waals surface area contributed by atoms with Gasteiger partial charge >= 0.3 is 0 Å². The summed E-state index contributed by atoms with van der Waals surface area (Å²) < 4.78 is 5.31. The van der Waals surface area contributed by atoms with Crippen molar-refractivity contribution >= 4 is 23.2 Å². The first-order valence-electron chi connectivity index (χ1n) is 6.98. The van der Waals surface area contributed by atoms with Gasteiger partial charge in [0.25, 0.3) is 0 Å². The first-order valence-corrected chi connectivity index (χ1v) is 7.73. The lowest BCUT2D eigenvalue weighted by Crippen LogP contribution is -2.23. The molecule has 1 unspecified atom stereocenters. The fourth-order valence-corrected chi connectivity index (χ4v) is 2.54. The first kappa shape index (κ1) is 16.2. The lowest BCUT2D eigenvalue weighted by molar-refractivity contribution is 0.413. The zero-order valence-corrected chi connectivity index (χ0v) is 13.7. The molecule has 2 aromatic rings. The zero-order valence-electron chi connectivity index (χ0n) is 12.2. The van der Waals surface area contributed by atoms with E-state index in [-0.39, 0.29) is 6.04 Å². The van der Waals surface area contributed by atoms with E-state index < -0.39 is 0 Å². The van der Waals surface area contributed by atoms with Crippen LogP contribution < -0.4 is 10.1 Å². The maximum atomic E-state index is 6.15. The van der Waals surface area contributed by atoms with E-state index in [4.69, 9.17) is 27.9 Å². The highest BCUT2D eigenvalue weighted by atomic mass is 35.5. The molecule has 2 rings (SSSR count). The molecule has 0 heterocycles. The van der Waals surface area contributed by atoms with Crippen molar-refractivity contribution in [1.29, 1.82) is 0 Å².